The predicted octanol–water partition coefficient (Wildman–Crippen LogP) is 12.3. The van der Waals surface area contributed by atoms with Crippen molar-refractivity contribution in [3.8, 4) is 45.9 Å². The fourth-order valence-electron chi connectivity index (χ4n) is 10.4. The van der Waals surface area contributed by atoms with Crippen molar-refractivity contribution in [1.82, 2.24) is 58.6 Å². The van der Waals surface area contributed by atoms with Gasteiger partial charge in [0.15, 0.2) is 34.3 Å². The molecule has 8 aromatic rings. The van der Waals surface area contributed by atoms with Gasteiger partial charge in [-0.2, -0.15) is 30.1 Å². The van der Waals surface area contributed by atoms with Gasteiger partial charge in [0.1, 0.15) is 48.3 Å². The van der Waals surface area contributed by atoms with Crippen LogP contribution in [0, 0.1) is 11.8 Å². The minimum absolute atomic E-state index is 0. The van der Waals surface area contributed by atoms with Crippen LogP contribution in [0.3, 0.4) is 0 Å². The zero-order chi connectivity index (χ0) is 55.0. The van der Waals surface area contributed by atoms with Crippen LogP contribution in [0.25, 0.3) is 33.4 Å². The highest BCUT2D eigenvalue weighted by Gasteiger charge is 2.30. The lowest BCUT2D eigenvalue weighted by atomic mass is 9.89. The van der Waals surface area contributed by atoms with Crippen molar-refractivity contribution in [3.63, 3.8) is 0 Å². The van der Waals surface area contributed by atoms with Gasteiger partial charge in [-0.3, -0.25) is 0 Å². The molecule has 1 saturated heterocycles. The molecule has 81 heavy (non-hydrogen) atoms. The van der Waals surface area contributed by atoms with Crippen LogP contribution in [0.15, 0.2) is 61.7 Å². The third-order valence-electron chi connectivity index (χ3n) is 15.0. The fraction of sp³-hybridized carbons (Fsp3) is 0.509. The predicted molar refractivity (Wildman–Crippen MR) is 311 cm³/mol. The number of alkyl halides is 2. The van der Waals surface area contributed by atoms with Crippen LogP contribution in [-0.2, 0) is 13.1 Å². The van der Waals surface area contributed by atoms with Crippen LogP contribution in [0.1, 0.15) is 98.3 Å². The summed E-state index contributed by atoms with van der Waals surface area (Å²) in [6.07, 6.45) is 24.7. The largest absolute Gasteiger partial charge is 0.493 e. The van der Waals surface area contributed by atoms with E-state index in [0.717, 1.165) is 65.8 Å². The zero-order valence-electron chi connectivity index (χ0n) is 45.5. The van der Waals surface area contributed by atoms with Crippen LogP contribution >= 0.6 is 11.6 Å². The average Bonchev–Trinajstić information content (AvgIpc) is 4.31. The van der Waals surface area contributed by atoms with Crippen molar-refractivity contribution in [1.29, 1.82) is 0 Å². The Kier molecular flexibility index (Phi) is 19.9. The molecule has 0 bridgehead atoms. The average molecular weight is 1140 g/mol. The summed E-state index contributed by atoms with van der Waals surface area (Å²) in [6.45, 7) is 2.24. The molecule has 0 atom stereocenters. The van der Waals surface area contributed by atoms with Crippen molar-refractivity contribution in [2.75, 3.05) is 71.3 Å². The van der Waals surface area contributed by atoms with Gasteiger partial charge in [-0.1, -0.05) is 53.4 Å². The van der Waals surface area contributed by atoms with E-state index in [0.29, 0.717) is 75.6 Å². The van der Waals surface area contributed by atoms with E-state index in [1.807, 2.05) is 60.1 Å². The molecule has 2 aromatic carbocycles. The van der Waals surface area contributed by atoms with Crippen molar-refractivity contribution < 1.29 is 37.2 Å². The third-order valence-corrected chi connectivity index (χ3v) is 15.1. The molecule has 0 spiro atoms. The number of halogens is 3. The Morgan fingerprint density at radius 3 is 1.33 bits per heavy atom. The molecule has 2 N–H and O–H groups in total. The molecule has 3 saturated carbocycles. The number of nitrogens with zero attached hydrogens (tertiary/aromatic N) is 13. The number of hydrogen-bond acceptors (Lipinski definition) is 17. The van der Waals surface area contributed by atoms with E-state index in [2.05, 4.69) is 40.8 Å². The molecular weight excluding hydrogens is 1060 g/mol. The first kappa shape index (κ1) is 59.4. The molecule has 7 heterocycles. The topological polar surface area (TPSA) is 206 Å². The molecule has 0 radical (unpaired) electrons. The van der Waals surface area contributed by atoms with Crippen molar-refractivity contribution in [3.05, 3.63) is 67.0 Å². The molecule has 436 valence electrons. The molecule has 0 amide bonds. The number of fused-ring (bicyclic) bond motifs is 2. The van der Waals surface area contributed by atoms with Crippen molar-refractivity contribution in [2.24, 2.45) is 11.8 Å². The fourth-order valence-corrected chi connectivity index (χ4v) is 10.5. The van der Waals surface area contributed by atoms with Crippen LogP contribution in [-0.4, -0.2) is 127 Å². The van der Waals surface area contributed by atoms with E-state index in [1.165, 1.54) is 64.2 Å². The summed E-state index contributed by atoms with van der Waals surface area (Å²) in [5.74, 6) is 7.27. The summed E-state index contributed by atoms with van der Waals surface area (Å²) in [4.78, 5) is 29.3. The summed E-state index contributed by atoms with van der Waals surface area (Å²) in [6, 6.07) is 7.39. The lowest BCUT2D eigenvalue weighted by Crippen LogP contribution is -2.49. The Balaban J connectivity index is 0.000000192. The zero-order valence-corrected chi connectivity index (χ0v) is 46.3. The van der Waals surface area contributed by atoms with E-state index in [1.54, 1.807) is 67.7 Å². The minimum atomic E-state index is -0.859. The van der Waals surface area contributed by atoms with E-state index in [4.69, 9.17) is 50.0 Å². The quantitative estimate of drug-likeness (QED) is 0.0813. The highest BCUT2D eigenvalue weighted by atomic mass is 35.5. The molecule has 3 aliphatic carbocycles. The first-order valence-electron chi connectivity index (χ1n) is 26.9. The standard InChI is InChI=1S/C27H33FN8O3.C24H28ClN7O3.C4H7F.2CH4/c1-37-21-9-19(10-22(38-2)24(21)39-3)35-15-23(29-16-35)31-25-20-11-30-36(12-17-7-5-4-6-8-17)26(20)33-27(32-25)34-13-18(28)14-34;1-33-18-9-16(10-19(34-2)21(18)35-3)31-13-20(26-14-31)28-22-17-11-27-32(23(17)30-24(25)29-22)12-15-7-5-4-6-8-15;5-4-2-1-3-4;;/h9-11,15-18H,4-8,12-14H2,1-3H3,(H,31,32,33);9-11,13-15H,4-8,12H2,1-3H3,(H,28,29,30);4H,1-3H2;2*1H4. The first-order valence-corrected chi connectivity index (χ1v) is 27.3. The first-order chi connectivity index (χ1) is 38.5. The number of nitrogens with one attached hydrogen (secondary N) is 2. The second-order valence-electron chi connectivity index (χ2n) is 20.2. The second-order valence-corrected chi connectivity index (χ2v) is 20.6. The number of rotatable bonds is 17. The number of aromatic nitrogens is 12. The Morgan fingerprint density at radius 1 is 0.531 bits per heavy atom. The second kappa shape index (κ2) is 27.2. The van der Waals surface area contributed by atoms with Crippen molar-refractivity contribution in [2.45, 2.75) is 124 Å². The number of hydrogen-bond donors (Lipinski definition) is 2. The molecule has 21 nitrogen and oxygen atoms in total. The number of anilines is 5. The van der Waals surface area contributed by atoms with Gasteiger partial charge < -0.3 is 53.1 Å². The van der Waals surface area contributed by atoms with Gasteiger partial charge in [-0.25, -0.2) is 28.1 Å². The van der Waals surface area contributed by atoms with Crippen LogP contribution in [0.2, 0.25) is 5.28 Å². The summed E-state index contributed by atoms with van der Waals surface area (Å²) >= 11 is 6.29. The molecule has 24 heteroatoms. The third kappa shape index (κ3) is 13.6. The van der Waals surface area contributed by atoms with Gasteiger partial charge in [0, 0.05) is 37.4 Å². The van der Waals surface area contributed by atoms with E-state index in [-0.39, 0.29) is 33.2 Å². The number of imidazole rings is 2. The maximum absolute atomic E-state index is 13.7. The number of benzene rings is 2. The Bertz CT molecular complexity index is 3280. The normalized spacial score (nSPS) is 15.6. The Hall–Kier alpha value is -7.69. The Labute approximate surface area is 476 Å². The number of methoxy groups -OCH3 is 6. The molecule has 4 aliphatic rings. The van der Waals surface area contributed by atoms with E-state index in [9.17, 15) is 8.78 Å². The van der Waals surface area contributed by atoms with Gasteiger partial charge >= 0.3 is 0 Å². The highest BCUT2D eigenvalue weighted by molar-refractivity contribution is 6.28. The van der Waals surface area contributed by atoms with Crippen LogP contribution < -0.4 is 44.0 Å². The van der Waals surface area contributed by atoms with Gasteiger partial charge in [0.05, 0.1) is 103 Å². The van der Waals surface area contributed by atoms with Gasteiger partial charge in [0.25, 0.3) is 0 Å². The maximum Gasteiger partial charge on any atom is 0.229 e. The van der Waals surface area contributed by atoms with Gasteiger partial charge in [0.2, 0.25) is 22.7 Å². The molecule has 12 rings (SSSR count). The van der Waals surface area contributed by atoms with E-state index >= 15 is 0 Å². The van der Waals surface area contributed by atoms with Crippen LogP contribution in [0.4, 0.5) is 38.0 Å². The maximum atomic E-state index is 13.7. The highest BCUT2D eigenvalue weighted by Crippen LogP contribution is 2.41. The number of ether oxygens (including phenoxy) is 6. The van der Waals surface area contributed by atoms with Crippen LogP contribution in [0.5, 0.6) is 34.5 Å². The SMILES string of the molecule is C.C.COc1cc(-n2cnc(Nc3nc(Cl)nc4c3cnn4CC3CCCCC3)c2)cc(OC)c1OC.COc1cc(-n2cnc(Nc3nc(N4CC(F)C4)nc4c3cnn4CC3CCCCC3)c2)cc(OC)c1OC.FC1CCC1. The summed E-state index contributed by atoms with van der Waals surface area (Å²) in [7, 11) is 9.47. The molecule has 4 fully saturated rings. The molecule has 1 aliphatic heterocycles. The smallest absolute Gasteiger partial charge is 0.229 e. The summed E-state index contributed by atoms with van der Waals surface area (Å²) in [5.41, 5.74) is 3.06. The van der Waals surface area contributed by atoms with Gasteiger partial charge in [-0.05, 0) is 68.4 Å². The summed E-state index contributed by atoms with van der Waals surface area (Å²) < 4.78 is 65.6. The van der Waals surface area contributed by atoms with E-state index < -0.39 is 12.3 Å². The molecule has 0 unspecified atom stereocenters. The molecule has 6 aromatic heterocycles. The Morgan fingerprint density at radius 2 is 0.951 bits per heavy atom. The lowest BCUT2D eigenvalue weighted by Gasteiger charge is -2.34. The van der Waals surface area contributed by atoms with Crippen molar-refractivity contribution >= 4 is 62.9 Å². The summed E-state index contributed by atoms with van der Waals surface area (Å²) in [5, 5.41) is 17.6. The lowest BCUT2D eigenvalue weighted by molar-refractivity contribution is 0.211. The van der Waals surface area contributed by atoms with Gasteiger partial charge in [-0.15, -0.1) is 0 Å². The molecular formula is C57H76ClF2N15O6. The monoisotopic (exact) mass is 1140 g/mol. The minimum Gasteiger partial charge on any atom is -0.493 e.